The van der Waals surface area contributed by atoms with Crippen LogP contribution in [-0.2, 0) is 6.54 Å². The third-order valence-corrected chi connectivity index (χ3v) is 3.94. The van der Waals surface area contributed by atoms with Crippen LogP contribution in [0, 0.1) is 0 Å². The summed E-state index contributed by atoms with van der Waals surface area (Å²) in [5, 5.41) is 15.4. The van der Waals surface area contributed by atoms with Crippen molar-refractivity contribution in [1.82, 2.24) is 10.3 Å². The minimum atomic E-state index is 0.265. The lowest BCUT2D eigenvalue weighted by atomic mass is 10.2. The molecule has 0 radical (unpaired) electrons. The van der Waals surface area contributed by atoms with Crippen LogP contribution in [0.3, 0.4) is 0 Å². The predicted octanol–water partition coefficient (Wildman–Crippen LogP) is 3.06. The summed E-state index contributed by atoms with van der Waals surface area (Å²) in [6, 6.07) is 10.7. The highest BCUT2D eigenvalue weighted by atomic mass is 32.1. The fraction of sp³-hybridized carbons (Fsp3) is 0.400. The Labute approximate surface area is 118 Å². The van der Waals surface area contributed by atoms with E-state index in [1.165, 1.54) is 5.56 Å². The van der Waals surface area contributed by atoms with Crippen LogP contribution in [0.25, 0.3) is 10.6 Å². The second kappa shape index (κ2) is 7.38. The van der Waals surface area contributed by atoms with Crippen LogP contribution in [0.4, 0.5) is 0 Å². The first-order valence-electron chi connectivity index (χ1n) is 6.63. The van der Waals surface area contributed by atoms with Crippen LogP contribution in [0.1, 0.15) is 25.5 Å². The first kappa shape index (κ1) is 14.2. The molecule has 1 atom stereocenters. The van der Waals surface area contributed by atoms with E-state index in [4.69, 9.17) is 5.11 Å². The molecule has 2 aromatic rings. The smallest absolute Gasteiger partial charge is 0.123 e. The van der Waals surface area contributed by atoms with E-state index in [2.05, 4.69) is 34.7 Å². The van der Waals surface area contributed by atoms with Gasteiger partial charge < -0.3 is 10.4 Å². The van der Waals surface area contributed by atoms with Gasteiger partial charge in [-0.25, -0.2) is 4.98 Å². The van der Waals surface area contributed by atoms with Gasteiger partial charge in [-0.15, -0.1) is 11.3 Å². The predicted molar refractivity (Wildman–Crippen MR) is 80.2 cm³/mol. The van der Waals surface area contributed by atoms with Crippen LogP contribution < -0.4 is 5.32 Å². The molecule has 3 nitrogen and oxygen atoms in total. The van der Waals surface area contributed by atoms with Crippen molar-refractivity contribution < 1.29 is 5.11 Å². The molecule has 1 aromatic carbocycles. The van der Waals surface area contributed by atoms with Gasteiger partial charge >= 0.3 is 0 Å². The molecule has 0 aliphatic carbocycles. The number of aliphatic hydroxyl groups is 1. The molecule has 1 heterocycles. The molecule has 0 fully saturated rings. The van der Waals surface area contributed by atoms with Crippen molar-refractivity contribution >= 4 is 11.3 Å². The SMILES string of the molecule is CC(CCCO)NCc1csc(-c2ccccc2)n1. The van der Waals surface area contributed by atoms with Gasteiger partial charge in [-0.3, -0.25) is 0 Å². The highest BCUT2D eigenvalue weighted by molar-refractivity contribution is 7.13. The zero-order valence-corrected chi connectivity index (χ0v) is 12.0. The summed E-state index contributed by atoms with van der Waals surface area (Å²) >= 11 is 1.68. The van der Waals surface area contributed by atoms with Crippen LogP contribution >= 0.6 is 11.3 Å². The molecule has 0 aliphatic rings. The number of aromatic nitrogens is 1. The molecule has 19 heavy (non-hydrogen) atoms. The zero-order chi connectivity index (χ0) is 13.5. The Bertz CT molecular complexity index is 484. The lowest BCUT2D eigenvalue weighted by Crippen LogP contribution is -2.25. The van der Waals surface area contributed by atoms with E-state index in [1.54, 1.807) is 11.3 Å². The van der Waals surface area contributed by atoms with Crippen LogP contribution in [0.5, 0.6) is 0 Å². The van der Waals surface area contributed by atoms with Gasteiger partial charge in [0, 0.05) is 30.1 Å². The van der Waals surface area contributed by atoms with E-state index in [-0.39, 0.29) is 6.61 Å². The van der Waals surface area contributed by atoms with Gasteiger partial charge in [0.25, 0.3) is 0 Å². The normalized spacial score (nSPS) is 12.5. The molecule has 2 rings (SSSR count). The van der Waals surface area contributed by atoms with Crippen molar-refractivity contribution in [2.24, 2.45) is 0 Å². The maximum Gasteiger partial charge on any atom is 0.123 e. The lowest BCUT2D eigenvalue weighted by molar-refractivity contribution is 0.276. The molecular formula is C15H20N2OS. The monoisotopic (exact) mass is 276 g/mol. The molecule has 4 heteroatoms. The van der Waals surface area contributed by atoms with Crippen molar-refractivity contribution in [2.45, 2.75) is 32.4 Å². The average Bonchev–Trinajstić information content (AvgIpc) is 2.93. The first-order valence-corrected chi connectivity index (χ1v) is 7.51. The molecule has 0 bridgehead atoms. The van der Waals surface area contributed by atoms with E-state index in [0.717, 1.165) is 30.1 Å². The minimum absolute atomic E-state index is 0.265. The molecule has 1 unspecified atom stereocenters. The van der Waals surface area contributed by atoms with Gasteiger partial charge in [0.05, 0.1) is 5.69 Å². The Balaban J connectivity index is 1.88. The molecule has 0 saturated heterocycles. The number of nitrogens with one attached hydrogen (secondary N) is 1. The number of thiazole rings is 1. The lowest BCUT2D eigenvalue weighted by Gasteiger charge is -2.11. The molecule has 102 valence electrons. The Hall–Kier alpha value is -1.23. The number of benzene rings is 1. The Morgan fingerprint density at radius 3 is 2.84 bits per heavy atom. The molecule has 0 aliphatic heterocycles. The van der Waals surface area contributed by atoms with Gasteiger partial charge in [0.15, 0.2) is 0 Å². The number of nitrogens with zero attached hydrogens (tertiary/aromatic N) is 1. The summed E-state index contributed by atoms with van der Waals surface area (Å²) in [5.41, 5.74) is 2.26. The summed E-state index contributed by atoms with van der Waals surface area (Å²) in [6.07, 6.45) is 1.84. The third kappa shape index (κ3) is 4.42. The van der Waals surface area contributed by atoms with E-state index in [0.29, 0.717) is 6.04 Å². The summed E-state index contributed by atoms with van der Waals surface area (Å²) < 4.78 is 0. The highest BCUT2D eigenvalue weighted by Crippen LogP contribution is 2.23. The number of hydrogen-bond donors (Lipinski definition) is 2. The second-order valence-corrected chi connectivity index (χ2v) is 5.52. The minimum Gasteiger partial charge on any atom is -0.396 e. The fourth-order valence-electron chi connectivity index (χ4n) is 1.88. The highest BCUT2D eigenvalue weighted by Gasteiger charge is 2.06. The third-order valence-electron chi connectivity index (χ3n) is 3.00. The van der Waals surface area contributed by atoms with Crippen LogP contribution in [-0.4, -0.2) is 22.7 Å². The largest absolute Gasteiger partial charge is 0.396 e. The van der Waals surface area contributed by atoms with Gasteiger partial charge in [-0.2, -0.15) is 0 Å². The summed E-state index contributed by atoms with van der Waals surface area (Å²) in [5.74, 6) is 0. The molecule has 0 amide bonds. The first-order chi connectivity index (χ1) is 9.29. The topological polar surface area (TPSA) is 45.1 Å². The Morgan fingerprint density at radius 1 is 1.32 bits per heavy atom. The summed E-state index contributed by atoms with van der Waals surface area (Å²) in [4.78, 5) is 4.64. The Morgan fingerprint density at radius 2 is 2.11 bits per heavy atom. The van der Waals surface area contributed by atoms with Crippen LogP contribution in [0.15, 0.2) is 35.7 Å². The van der Waals surface area contributed by atoms with Crippen molar-refractivity contribution in [3.63, 3.8) is 0 Å². The Kier molecular flexibility index (Phi) is 5.51. The van der Waals surface area contributed by atoms with E-state index in [1.807, 2.05) is 18.2 Å². The molecule has 0 spiro atoms. The van der Waals surface area contributed by atoms with E-state index >= 15 is 0 Å². The number of aliphatic hydroxyl groups excluding tert-OH is 1. The van der Waals surface area contributed by atoms with Gasteiger partial charge in [-0.1, -0.05) is 30.3 Å². The van der Waals surface area contributed by atoms with Gasteiger partial charge in [-0.05, 0) is 19.8 Å². The maximum atomic E-state index is 8.79. The van der Waals surface area contributed by atoms with E-state index in [9.17, 15) is 0 Å². The summed E-state index contributed by atoms with van der Waals surface area (Å²) in [7, 11) is 0. The zero-order valence-electron chi connectivity index (χ0n) is 11.2. The maximum absolute atomic E-state index is 8.79. The van der Waals surface area contributed by atoms with Gasteiger partial charge in [0.2, 0.25) is 0 Å². The van der Waals surface area contributed by atoms with Crippen LogP contribution in [0.2, 0.25) is 0 Å². The number of hydrogen-bond acceptors (Lipinski definition) is 4. The van der Waals surface area contributed by atoms with Crippen molar-refractivity contribution in [2.75, 3.05) is 6.61 Å². The molecule has 2 N–H and O–H groups in total. The van der Waals surface area contributed by atoms with Crippen molar-refractivity contribution in [3.05, 3.63) is 41.4 Å². The second-order valence-electron chi connectivity index (χ2n) is 4.66. The standard InChI is InChI=1S/C15H20N2OS/c1-12(6-5-9-18)16-10-14-11-19-15(17-14)13-7-3-2-4-8-13/h2-4,7-8,11-12,16,18H,5-6,9-10H2,1H3. The van der Waals surface area contributed by atoms with Gasteiger partial charge in [0.1, 0.15) is 5.01 Å². The summed E-state index contributed by atoms with van der Waals surface area (Å²) in [6.45, 7) is 3.19. The van der Waals surface area contributed by atoms with Crippen molar-refractivity contribution in [3.8, 4) is 10.6 Å². The van der Waals surface area contributed by atoms with E-state index < -0.39 is 0 Å². The number of rotatable bonds is 7. The average molecular weight is 276 g/mol. The fourth-order valence-corrected chi connectivity index (χ4v) is 2.71. The molecule has 0 saturated carbocycles. The van der Waals surface area contributed by atoms with Crippen molar-refractivity contribution in [1.29, 1.82) is 0 Å². The quantitative estimate of drug-likeness (QED) is 0.817. The molecule has 1 aromatic heterocycles. The molecular weight excluding hydrogens is 256 g/mol.